The Bertz CT molecular complexity index is 2430. The lowest BCUT2D eigenvalue weighted by atomic mass is 10.0. The number of benzene rings is 6. The Morgan fingerprint density at radius 3 is 1.18 bits per heavy atom. The molecule has 6 aromatic rings. The van der Waals surface area contributed by atoms with Gasteiger partial charge in [-0.1, -0.05) is 60.7 Å². The van der Waals surface area contributed by atoms with Crippen LogP contribution in [-0.4, -0.2) is 38.5 Å². The van der Waals surface area contributed by atoms with Crippen molar-refractivity contribution in [2.45, 2.75) is 19.6 Å². The Labute approximate surface area is 296 Å². The molecule has 0 aliphatic heterocycles. The summed E-state index contributed by atoms with van der Waals surface area (Å²) >= 11 is 2.89. The SMILES string of the molecule is CSc1cc(-c2ccc(N=Nc3cc(S(=O)(=O)O)c4ccccc4c3N)c(SC)c2)ccc1N=Nc1cc(S(=O)(=O)O)c2ccccc2c1N. The Kier molecular flexibility index (Phi) is 9.67. The average Bonchev–Trinajstić information content (AvgIpc) is 3.10. The third-order valence-corrected chi connectivity index (χ3v) is 11.2. The first-order chi connectivity index (χ1) is 23.8. The molecule has 6 N–H and O–H groups in total. The van der Waals surface area contributed by atoms with Gasteiger partial charge in [0.2, 0.25) is 0 Å². The van der Waals surface area contributed by atoms with Crippen LogP contribution in [0.3, 0.4) is 0 Å². The van der Waals surface area contributed by atoms with Crippen LogP contribution in [0.25, 0.3) is 32.7 Å². The molecule has 6 rings (SSSR count). The molecular formula is C34H28N6O6S4. The molecule has 0 saturated carbocycles. The average molecular weight is 745 g/mol. The van der Waals surface area contributed by atoms with Crippen molar-refractivity contribution in [1.82, 2.24) is 0 Å². The number of rotatable bonds is 9. The normalized spacial score (nSPS) is 12.5. The minimum Gasteiger partial charge on any atom is -0.396 e. The maximum Gasteiger partial charge on any atom is 0.295 e. The van der Waals surface area contributed by atoms with Crippen molar-refractivity contribution in [2.75, 3.05) is 24.0 Å². The number of nitrogens with two attached hydrogens (primary N) is 2. The first-order valence-electron chi connectivity index (χ1n) is 14.6. The third kappa shape index (κ3) is 6.94. The summed E-state index contributed by atoms with van der Waals surface area (Å²) in [5.74, 6) is 0. The number of hydrogen-bond donors (Lipinski definition) is 4. The Hall–Kier alpha value is -4.84. The summed E-state index contributed by atoms with van der Waals surface area (Å²) in [5.41, 5.74) is 16.1. The van der Waals surface area contributed by atoms with E-state index in [9.17, 15) is 25.9 Å². The summed E-state index contributed by atoms with van der Waals surface area (Å²) in [6.45, 7) is 0. The van der Waals surface area contributed by atoms with E-state index < -0.39 is 20.2 Å². The zero-order valence-corrected chi connectivity index (χ0v) is 29.6. The number of nitrogens with zero attached hydrogens (tertiary/aromatic N) is 4. The maximum atomic E-state index is 12.1. The highest BCUT2D eigenvalue weighted by Gasteiger charge is 2.20. The fourth-order valence-electron chi connectivity index (χ4n) is 5.39. The molecule has 0 saturated heterocycles. The van der Waals surface area contributed by atoms with Gasteiger partial charge in [-0.2, -0.15) is 16.8 Å². The fourth-order valence-corrected chi connectivity index (χ4v) is 7.95. The minimum absolute atomic E-state index is 0.0986. The first-order valence-corrected chi connectivity index (χ1v) is 19.9. The van der Waals surface area contributed by atoms with Gasteiger partial charge in [-0.3, -0.25) is 9.11 Å². The monoisotopic (exact) mass is 744 g/mol. The van der Waals surface area contributed by atoms with Gasteiger partial charge in [0.05, 0.1) is 22.7 Å². The molecule has 0 radical (unpaired) electrons. The van der Waals surface area contributed by atoms with E-state index >= 15 is 0 Å². The van der Waals surface area contributed by atoms with Crippen LogP contribution in [0.5, 0.6) is 0 Å². The third-order valence-electron chi connectivity index (χ3n) is 7.83. The minimum atomic E-state index is -4.56. The Morgan fingerprint density at radius 2 is 0.840 bits per heavy atom. The molecule has 6 aromatic carbocycles. The first kappa shape index (κ1) is 35.0. The predicted octanol–water partition coefficient (Wildman–Crippen LogP) is 9.59. The molecule has 254 valence electrons. The quantitative estimate of drug-likeness (QED) is 0.0476. The molecule has 0 fully saturated rings. The zero-order valence-electron chi connectivity index (χ0n) is 26.3. The molecule has 12 nitrogen and oxygen atoms in total. The largest absolute Gasteiger partial charge is 0.396 e. The van der Waals surface area contributed by atoms with Crippen molar-refractivity contribution in [2.24, 2.45) is 20.5 Å². The van der Waals surface area contributed by atoms with Crippen molar-refractivity contribution in [1.29, 1.82) is 0 Å². The molecule has 0 bridgehead atoms. The maximum absolute atomic E-state index is 12.1. The number of fused-ring (bicyclic) bond motifs is 2. The lowest BCUT2D eigenvalue weighted by Crippen LogP contribution is -2.01. The van der Waals surface area contributed by atoms with E-state index in [0.29, 0.717) is 22.1 Å². The predicted molar refractivity (Wildman–Crippen MR) is 200 cm³/mol. The highest BCUT2D eigenvalue weighted by atomic mass is 32.2. The van der Waals surface area contributed by atoms with Gasteiger partial charge < -0.3 is 11.5 Å². The molecule has 0 aromatic heterocycles. The van der Waals surface area contributed by atoms with Crippen LogP contribution < -0.4 is 11.5 Å². The van der Waals surface area contributed by atoms with E-state index in [1.54, 1.807) is 60.7 Å². The van der Waals surface area contributed by atoms with Gasteiger partial charge in [-0.15, -0.1) is 44.0 Å². The summed E-state index contributed by atoms with van der Waals surface area (Å²) in [5, 5.41) is 18.7. The van der Waals surface area contributed by atoms with Gasteiger partial charge in [0, 0.05) is 31.3 Å². The molecule has 0 amide bonds. The van der Waals surface area contributed by atoms with E-state index in [1.807, 2.05) is 36.8 Å². The van der Waals surface area contributed by atoms with E-state index in [4.69, 9.17) is 11.5 Å². The molecule has 50 heavy (non-hydrogen) atoms. The highest BCUT2D eigenvalue weighted by Crippen LogP contribution is 2.41. The summed E-state index contributed by atoms with van der Waals surface area (Å²) < 4.78 is 68.2. The number of azo groups is 2. The van der Waals surface area contributed by atoms with Gasteiger partial charge in [0.25, 0.3) is 20.2 Å². The van der Waals surface area contributed by atoms with Crippen LogP contribution in [0, 0.1) is 0 Å². The second kappa shape index (κ2) is 13.8. The van der Waals surface area contributed by atoms with E-state index in [0.717, 1.165) is 20.9 Å². The van der Waals surface area contributed by atoms with Crippen LogP contribution in [-0.2, 0) is 20.2 Å². The van der Waals surface area contributed by atoms with Crippen LogP contribution in [0.4, 0.5) is 34.1 Å². The zero-order chi connectivity index (χ0) is 35.8. The number of anilines is 2. The van der Waals surface area contributed by atoms with Crippen molar-refractivity contribution in [3.63, 3.8) is 0 Å². The van der Waals surface area contributed by atoms with Crippen molar-refractivity contribution < 1.29 is 25.9 Å². The van der Waals surface area contributed by atoms with Crippen molar-refractivity contribution >= 4 is 99.4 Å². The van der Waals surface area contributed by atoms with E-state index in [-0.39, 0.29) is 43.3 Å². The molecule has 16 heteroatoms. The lowest BCUT2D eigenvalue weighted by molar-refractivity contribution is 0.482. The molecule has 0 atom stereocenters. The molecule has 0 spiro atoms. The van der Waals surface area contributed by atoms with Gasteiger partial charge in [0.1, 0.15) is 21.2 Å². The van der Waals surface area contributed by atoms with Crippen LogP contribution in [0.1, 0.15) is 0 Å². The molecule has 0 heterocycles. The lowest BCUT2D eigenvalue weighted by Gasteiger charge is -2.11. The smallest absolute Gasteiger partial charge is 0.295 e. The summed E-state index contributed by atoms with van der Waals surface area (Å²) in [4.78, 5) is 0.953. The summed E-state index contributed by atoms with van der Waals surface area (Å²) in [6, 6.07) is 26.7. The van der Waals surface area contributed by atoms with Gasteiger partial charge in [-0.05, 0) is 60.0 Å². The van der Waals surface area contributed by atoms with Crippen molar-refractivity contribution in [3.05, 3.63) is 97.1 Å². The fraction of sp³-hybridized carbons (Fsp3) is 0.0588. The van der Waals surface area contributed by atoms with Gasteiger partial charge >= 0.3 is 0 Å². The molecule has 0 unspecified atom stereocenters. The summed E-state index contributed by atoms with van der Waals surface area (Å²) in [7, 11) is -9.11. The van der Waals surface area contributed by atoms with Gasteiger partial charge in [0.15, 0.2) is 0 Å². The highest BCUT2D eigenvalue weighted by molar-refractivity contribution is 7.99. The Morgan fingerprint density at radius 1 is 0.500 bits per heavy atom. The number of nitrogen functional groups attached to an aromatic ring is 2. The van der Waals surface area contributed by atoms with Gasteiger partial charge in [-0.25, -0.2) is 0 Å². The molecule has 0 aliphatic rings. The molecule has 0 aliphatic carbocycles. The van der Waals surface area contributed by atoms with Crippen LogP contribution in [0.2, 0.25) is 0 Å². The standard InChI is InChI=1S/C34H28N6O6S4/c1-47-29-15-19(11-13-25(29)37-39-27-17-31(49(41,42)43)21-7-3-5-9-23(21)33(27)35)20-12-14-26(30(16-20)48-2)38-40-28-18-32(50(44,45)46)22-8-4-6-10-24(22)34(28)36/h3-18H,35-36H2,1-2H3,(H,41,42,43)(H,44,45,46). The number of thioether (sulfide) groups is 2. The topological polar surface area (TPSA) is 210 Å². The van der Waals surface area contributed by atoms with Crippen LogP contribution in [0.15, 0.2) is 137 Å². The Balaban J connectivity index is 1.32. The van der Waals surface area contributed by atoms with Crippen LogP contribution >= 0.6 is 23.5 Å². The number of hydrogen-bond acceptors (Lipinski definition) is 12. The summed E-state index contributed by atoms with van der Waals surface area (Å²) in [6.07, 6.45) is 3.78. The molecular weight excluding hydrogens is 717 g/mol. The second-order valence-corrected chi connectivity index (χ2v) is 15.3. The van der Waals surface area contributed by atoms with E-state index in [2.05, 4.69) is 20.5 Å². The second-order valence-electron chi connectivity index (χ2n) is 10.8. The van der Waals surface area contributed by atoms with Crippen molar-refractivity contribution in [3.8, 4) is 11.1 Å². The van der Waals surface area contributed by atoms with E-state index in [1.165, 1.54) is 35.7 Å².